The summed E-state index contributed by atoms with van der Waals surface area (Å²) in [4.78, 5) is 39.6. The fourth-order valence-electron chi connectivity index (χ4n) is 7.43. The Balaban J connectivity index is 0.000000251. The highest BCUT2D eigenvalue weighted by Crippen LogP contribution is 2.52. The van der Waals surface area contributed by atoms with Gasteiger partial charge in [0.15, 0.2) is 23.3 Å². The second-order valence-corrected chi connectivity index (χ2v) is 16.9. The number of methoxy groups -OCH3 is 2. The summed E-state index contributed by atoms with van der Waals surface area (Å²) in [5.74, 6) is 1.67. The molecule has 7 rings (SSSR count). The predicted molar refractivity (Wildman–Crippen MR) is 248 cm³/mol. The molecule has 1 saturated carbocycles. The van der Waals surface area contributed by atoms with Crippen molar-refractivity contribution in [2.24, 2.45) is 11.1 Å². The van der Waals surface area contributed by atoms with E-state index in [1.165, 1.54) is 19.8 Å². The number of alkyl halides is 3. The second kappa shape index (κ2) is 21.6. The number of Topliss-reactive ketones (excluding diaryl/α,β-unsaturated/α-hetero) is 1. The summed E-state index contributed by atoms with van der Waals surface area (Å²) < 4.78 is 51.9. The van der Waals surface area contributed by atoms with Crippen molar-refractivity contribution >= 4 is 41.4 Å². The summed E-state index contributed by atoms with van der Waals surface area (Å²) in [5, 5.41) is 0.921. The average molecular weight is 937 g/mol. The van der Waals surface area contributed by atoms with Crippen molar-refractivity contribution in [3.63, 3.8) is 0 Å². The van der Waals surface area contributed by atoms with Crippen LogP contribution >= 0.6 is 35.6 Å². The standard InChI is InChI=1S/C28H29ClF3N3O2.C20H21ClN4O.ClH/c1-17(2)19-7-6-8-20(16-19)24-33-25(35-26(34-24)37-3)21-15-18(9-11-22(21)29)10-12-23(36)27(28(30,31)32)13-4-5-14-27;1-12(2)14-5-4-6-15(10-14)18-23-19(25-20(24-18)26-3)16-9-13(11-22)7-8-17(16)21;/h6-9,11,15-17H,4-5,10,12-14H2,1-3H3;4-10,12H,11,22H2,1-3H3;1H. The molecule has 1 fully saturated rings. The number of hydrogen-bond acceptors (Lipinski definition) is 10. The lowest BCUT2D eigenvalue weighted by Gasteiger charge is -2.30. The molecule has 64 heavy (non-hydrogen) atoms. The Labute approximate surface area is 388 Å². The lowest BCUT2D eigenvalue weighted by atomic mass is 9.78. The molecule has 2 heterocycles. The number of aromatic nitrogens is 6. The summed E-state index contributed by atoms with van der Waals surface area (Å²) in [6.07, 6.45) is -4.00. The number of carbonyl (C=O) groups excluding carboxylic acids is 1. The molecule has 1 aliphatic rings. The molecular formula is C48H51Cl3F3N7O3. The highest BCUT2D eigenvalue weighted by Gasteiger charge is 2.60. The molecule has 2 N–H and O–H groups in total. The van der Waals surface area contributed by atoms with E-state index in [0.29, 0.717) is 75.4 Å². The van der Waals surface area contributed by atoms with Crippen LogP contribution in [0.15, 0.2) is 84.9 Å². The van der Waals surface area contributed by atoms with Gasteiger partial charge in [-0.1, -0.05) is 112 Å². The number of nitrogens with zero attached hydrogens (tertiary/aromatic N) is 6. The Hall–Kier alpha value is -5.21. The molecule has 0 radical (unpaired) electrons. The molecule has 0 amide bonds. The molecule has 2 aromatic heterocycles. The van der Waals surface area contributed by atoms with Crippen molar-refractivity contribution in [1.29, 1.82) is 0 Å². The van der Waals surface area contributed by atoms with Crippen molar-refractivity contribution in [2.45, 2.75) is 90.8 Å². The van der Waals surface area contributed by atoms with Crippen molar-refractivity contribution in [1.82, 2.24) is 29.9 Å². The number of halogens is 6. The SMILES string of the molecule is COc1nc(-c2cccc(C(C)C)c2)nc(-c2cc(CCC(=O)C3(C(F)(F)F)CCCC3)ccc2Cl)n1.COc1nc(-c2cccc(C(C)C)c2)nc(-c2cc(CN)ccc2Cl)n1.Cl. The number of nitrogens with two attached hydrogens (primary N) is 1. The van der Waals surface area contributed by atoms with Gasteiger partial charge in [-0.2, -0.15) is 33.1 Å². The first kappa shape index (κ1) is 49.8. The van der Waals surface area contributed by atoms with Crippen LogP contribution in [0.3, 0.4) is 0 Å². The molecule has 0 bridgehead atoms. The quantitative estimate of drug-likeness (QED) is 0.119. The number of ether oxygens (including phenoxy) is 2. The number of benzene rings is 4. The maximum absolute atomic E-state index is 13.8. The third-order valence-corrected chi connectivity index (χ3v) is 11.8. The fraction of sp³-hybridized carbons (Fsp3) is 0.354. The van der Waals surface area contributed by atoms with Crippen LogP contribution in [0.1, 0.15) is 93.9 Å². The number of hydrogen-bond donors (Lipinski definition) is 1. The van der Waals surface area contributed by atoms with Gasteiger partial charge in [0.2, 0.25) is 0 Å². The minimum Gasteiger partial charge on any atom is -0.467 e. The van der Waals surface area contributed by atoms with Crippen LogP contribution < -0.4 is 15.2 Å². The van der Waals surface area contributed by atoms with Crippen LogP contribution in [-0.2, 0) is 17.8 Å². The lowest BCUT2D eigenvalue weighted by molar-refractivity contribution is -0.218. The van der Waals surface area contributed by atoms with Gasteiger partial charge in [0, 0.05) is 35.2 Å². The molecule has 10 nitrogen and oxygen atoms in total. The monoisotopic (exact) mass is 935 g/mol. The van der Waals surface area contributed by atoms with Gasteiger partial charge in [0.1, 0.15) is 11.2 Å². The molecule has 6 aromatic rings. The van der Waals surface area contributed by atoms with Gasteiger partial charge in [-0.15, -0.1) is 12.4 Å². The zero-order chi connectivity index (χ0) is 45.5. The molecule has 0 spiro atoms. The topological polar surface area (TPSA) is 139 Å². The number of carbonyl (C=O) groups is 1. The maximum Gasteiger partial charge on any atom is 0.401 e. The van der Waals surface area contributed by atoms with E-state index in [9.17, 15) is 18.0 Å². The Morgan fingerprint density at radius 2 is 1.11 bits per heavy atom. The van der Waals surface area contributed by atoms with Crippen molar-refractivity contribution < 1.29 is 27.4 Å². The first-order valence-electron chi connectivity index (χ1n) is 20.7. The normalized spacial score (nSPS) is 13.3. The van der Waals surface area contributed by atoms with Gasteiger partial charge >= 0.3 is 18.2 Å². The van der Waals surface area contributed by atoms with Crippen LogP contribution in [0.4, 0.5) is 13.2 Å². The molecular weight excluding hydrogens is 886 g/mol. The van der Waals surface area contributed by atoms with E-state index < -0.39 is 17.4 Å². The molecule has 0 unspecified atom stereocenters. The number of rotatable bonds is 13. The third-order valence-electron chi connectivity index (χ3n) is 11.2. The minimum absolute atomic E-state index is 0. The van der Waals surface area contributed by atoms with Crippen LogP contribution in [-0.4, -0.2) is 56.1 Å². The van der Waals surface area contributed by atoms with E-state index >= 15 is 0 Å². The molecule has 4 aromatic carbocycles. The van der Waals surface area contributed by atoms with E-state index in [1.54, 1.807) is 24.3 Å². The van der Waals surface area contributed by atoms with E-state index in [1.807, 2.05) is 48.5 Å². The van der Waals surface area contributed by atoms with Crippen LogP contribution in [0.25, 0.3) is 45.6 Å². The Bertz CT molecular complexity index is 2570. The molecule has 0 aliphatic heterocycles. The summed E-state index contributed by atoms with van der Waals surface area (Å²) in [5.41, 5.74) is 10.4. The van der Waals surface area contributed by atoms with Crippen LogP contribution in [0.5, 0.6) is 12.0 Å². The highest BCUT2D eigenvalue weighted by molar-refractivity contribution is 6.33. The van der Waals surface area contributed by atoms with Crippen molar-refractivity contribution in [3.8, 4) is 57.6 Å². The summed E-state index contributed by atoms with van der Waals surface area (Å²) >= 11 is 12.8. The molecule has 1 aliphatic carbocycles. The van der Waals surface area contributed by atoms with Gasteiger partial charge in [-0.05, 0) is 89.8 Å². The Morgan fingerprint density at radius 3 is 1.53 bits per heavy atom. The van der Waals surface area contributed by atoms with Crippen molar-refractivity contribution in [3.05, 3.63) is 117 Å². The van der Waals surface area contributed by atoms with E-state index in [2.05, 4.69) is 69.7 Å². The van der Waals surface area contributed by atoms with Gasteiger partial charge in [0.05, 0.1) is 24.3 Å². The number of ketones is 1. The number of aryl methyl sites for hydroxylation is 1. The van der Waals surface area contributed by atoms with E-state index in [-0.39, 0.29) is 55.9 Å². The maximum atomic E-state index is 13.8. The Kier molecular flexibility index (Phi) is 16.8. The molecule has 0 atom stereocenters. The Morgan fingerprint density at radius 1 is 0.672 bits per heavy atom. The van der Waals surface area contributed by atoms with Gasteiger partial charge < -0.3 is 15.2 Å². The highest BCUT2D eigenvalue weighted by atomic mass is 35.5. The fourth-order valence-corrected chi connectivity index (χ4v) is 7.84. The second-order valence-electron chi connectivity index (χ2n) is 16.0. The van der Waals surface area contributed by atoms with Gasteiger partial charge in [-0.3, -0.25) is 4.79 Å². The average Bonchev–Trinajstić information content (AvgIpc) is 3.81. The smallest absolute Gasteiger partial charge is 0.401 e. The van der Waals surface area contributed by atoms with Gasteiger partial charge in [0.25, 0.3) is 0 Å². The predicted octanol–water partition coefficient (Wildman–Crippen LogP) is 12.5. The van der Waals surface area contributed by atoms with Crippen molar-refractivity contribution in [2.75, 3.05) is 14.2 Å². The van der Waals surface area contributed by atoms with E-state index in [0.717, 1.165) is 22.3 Å². The third kappa shape index (κ3) is 11.5. The zero-order valence-corrected chi connectivity index (χ0v) is 38.8. The first-order valence-corrected chi connectivity index (χ1v) is 21.5. The summed E-state index contributed by atoms with van der Waals surface area (Å²) in [7, 11) is 2.99. The van der Waals surface area contributed by atoms with Gasteiger partial charge in [-0.25, -0.2) is 9.97 Å². The summed E-state index contributed by atoms with van der Waals surface area (Å²) in [6, 6.07) is 27.0. The van der Waals surface area contributed by atoms with E-state index in [4.69, 9.17) is 38.4 Å². The molecule has 0 saturated heterocycles. The first-order chi connectivity index (χ1) is 30.0. The summed E-state index contributed by atoms with van der Waals surface area (Å²) in [6.45, 7) is 8.90. The lowest BCUT2D eigenvalue weighted by Crippen LogP contribution is -2.42. The molecule has 16 heteroatoms. The zero-order valence-electron chi connectivity index (χ0n) is 36.5. The largest absolute Gasteiger partial charge is 0.467 e. The van der Waals surface area contributed by atoms with Crippen LogP contribution in [0, 0.1) is 5.41 Å². The van der Waals surface area contributed by atoms with Crippen LogP contribution in [0.2, 0.25) is 10.0 Å². The molecule has 338 valence electrons. The minimum atomic E-state index is -4.53.